The standard InChI is InChI=1S/C16H16FNOS2/c1-20-15-8-2-12(3-9-15)10-21-11-16(19)18-14-6-4-13(17)5-7-14/h2-9H,10-11H2,1H3,(H,18,19). The minimum atomic E-state index is -0.309. The molecule has 0 aliphatic carbocycles. The Bertz CT molecular complexity index is 584. The van der Waals surface area contributed by atoms with Gasteiger partial charge in [-0.1, -0.05) is 12.1 Å². The van der Waals surface area contributed by atoms with Crippen molar-refractivity contribution in [1.82, 2.24) is 0 Å². The largest absolute Gasteiger partial charge is 0.325 e. The van der Waals surface area contributed by atoms with Gasteiger partial charge in [0.05, 0.1) is 5.75 Å². The van der Waals surface area contributed by atoms with E-state index in [1.165, 1.54) is 22.6 Å². The topological polar surface area (TPSA) is 29.1 Å². The number of benzene rings is 2. The van der Waals surface area contributed by atoms with Crippen LogP contribution >= 0.6 is 23.5 Å². The van der Waals surface area contributed by atoms with Crippen LogP contribution in [-0.2, 0) is 10.5 Å². The number of nitrogens with one attached hydrogen (secondary N) is 1. The fraction of sp³-hybridized carbons (Fsp3) is 0.188. The summed E-state index contributed by atoms with van der Waals surface area (Å²) in [4.78, 5) is 13.0. The number of carbonyl (C=O) groups is 1. The molecule has 0 saturated carbocycles. The van der Waals surface area contributed by atoms with Crippen molar-refractivity contribution in [3.8, 4) is 0 Å². The molecule has 2 aromatic rings. The van der Waals surface area contributed by atoms with Crippen LogP contribution in [0.5, 0.6) is 0 Å². The number of amides is 1. The molecular formula is C16H16FNOS2. The Kier molecular flexibility index (Phi) is 6.14. The maximum atomic E-state index is 12.8. The zero-order valence-corrected chi connectivity index (χ0v) is 13.3. The van der Waals surface area contributed by atoms with E-state index in [2.05, 4.69) is 29.6 Å². The first-order chi connectivity index (χ1) is 10.2. The van der Waals surface area contributed by atoms with E-state index in [1.807, 2.05) is 6.26 Å². The molecule has 1 amide bonds. The van der Waals surface area contributed by atoms with Gasteiger partial charge in [0.15, 0.2) is 0 Å². The van der Waals surface area contributed by atoms with Crippen LogP contribution in [0.2, 0.25) is 0 Å². The lowest BCUT2D eigenvalue weighted by molar-refractivity contribution is -0.113. The first kappa shape index (κ1) is 15.9. The van der Waals surface area contributed by atoms with Crippen LogP contribution in [0, 0.1) is 5.82 Å². The smallest absolute Gasteiger partial charge is 0.234 e. The summed E-state index contributed by atoms with van der Waals surface area (Å²) in [5.41, 5.74) is 1.82. The van der Waals surface area contributed by atoms with E-state index in [0.29, 0.717) is 11.4 Å². The maximum Gasteiger partial charge on any atom is 0.234 e. The Morgan fingerprint density at radius 3 is 2.38 bits per heavy atom. The fourth-order valence-corrected chi connectivity index (χ4v) is 2.91. The molecule has 0 unspecified atom stereocenters. The SMILES string of the molecule is CSc1ccc(CSCC(=O)Nc2ccc(F)cc2)cc1. The number of hydrogen-bond donors (Lipinski definition) is 1. The molecule has 0 saturated heterocycles. The molecule has 0 atom stereocenters. The van der Waals surface area contributed by atoms with Gasteiger partial charge in [0.2, 0.25) is 5.91 Å². The minimum Gasteiger partial charge on any atom is -0.325 e. The van der Waals surface area contributed by atoms with Crippen LogP contribution in [-0.4, -0.2) is 17.9 Å². The predicted molar refractivity (Wildman–Crippen MR) is 89.4 cm³/mol. The lowest BCUT2D eigenvalue weighted by Crippen LogP contribution is -2.14. The van der Waals surface area contributed by atoms with Crippen molar-refractivity contribution in [2.75, 3.05) is 17.3 Å². The number of anilines is 1. The van der Waals surface area contributed by atoms with Gasteiger partial charge in [0.25, 0.3) is 0 Å². The van der Waals surface area contributed by atoms with Crippen LogP contribution in [0.15, 0.2) is 53.4 Å². The quantitative estimate of drug-likeness (QED) is 0.799. The van der Waals surface area contributed by atoms with Crippen LogP contribution in [0.3, 0.4) is 0 Å². The average Bonchev–Trinajstić information content (AvgIpc) is 2.50. The lowest BCUT2D eigenvalue weighted by Gasteiger charge is -2.05. The van der Waals surface area contributed by atoms with Gasteiger partial charge in [0, 0.05) is 16.3 Å². The van der Waals surface area contributed by atoms with Crippen molar-refractivity contribution in [3.63, 3.8) is 0 Å². The highest BCUT2D eigenvalue weighted by Gasteiger charge is 2.03. The molecule has 21 heavy (non-hydrogen) atoms. The third-order valence-electron chi connectivity index (χ3n) is 2.79. The highest BCUT2D eigenvalue weighted by molar-refractivity contribution is 7.99. The van der Waals surface area contributed by atoms with E-state index in [1.54, 1.807) is 35.7 Å². The molecule has 0 spiro atoms. The van der Waals surface area contributed by atoms with Gasteiger partial charge in [0.1, 0.15) is 5.82 Å². The van der Waals surface area contributed by atoms with E-state index in [-0.39, 0.29) is 11.7 Å². The number of hydrogen-bond acceptors (Lipinski definition) is 3. The molecule has 0 heterocycles. The van der Waals surface area contributed by atoms with E-state index in [0.717, 1.165) is 5.75 Å². The molecule has 0 aliphatic heterocycles. The summed E-state index contributed by atoms with van der Waals surface area (Å²) >= 11 is 3.27. The predicted octanol–water partition coefficient (Wildman–Crippen LogP) is 4.42. The number of thioether (sulfide) groups is 2. The summed E-state index contributed by atoms with van der Waals surface area (Å²) in [5, 5.41) is 2.74. The third kappa shape index (κ3) is 5.44. The molecule has 2 rings (SSSR count). The summed E-state index contributed by atoms with van der Waals surface area (Å²) in [6.07, 6.45) is 2.05. The van der Waals surface area contributed by atoms with Gasteiger partial charge in [-0.05, 0) is 48.2 Å². The van der Waals surface area contributed by atoms with Crippen LogP contribution < -0.4 is 5.32 Å². The second-order valence-corrected chi connectivity index (χ2v) is 6.26. The number of rotatable bonds is 6. The molecule has 0 bridgehead atoms. The van der Waals surface area contributed by atoms with Gasteiger partial charge >= 0.3 is 0 Å². The van der Waals surface area contributed by atoms with Gasteiger partial charge < -0.3 is 5.32 Å². The second-order valence-electron chi connectivity index (χ2n) is 4.40. The van der Waals surface area contributed by atoms with Crippen molar-refractivity contribution in [1.29, 1.82) is 0 Å². The monoisotopic (exact) mass is 321 g/mol. The molecular weight excluding hydrogens is 305 g/mol. The number of halogens is 1. The lowest BCUT2D eigenvalue weighted by atomic mass is 10.2. The van der Waals surface area contributed by atoms with E-state index < -0.39 is 0 Å². The minimum absolute atomic E-state index is 0.0765. The fourth-order valence-electron chi connectivity index (χ4n) is 1.71. The summed E-state index contributed by atoms with van der Waals surface area (Å²) < 4.78 is 12.8. The van der Waals surface area contributed by atoms with Crippen LogP contribution in [0.25, 0.3) is 0 Å². The molecule has 0 aliphatic rings. The number of carbonyl (C=O) groups excluding carboxylic acids is 1. The summed E-state index contributed by atoms with van der Waals surface area (Å²) in [6.45, 7) is 0. The molecule has 2 aromatic carbocycles. The molecule has 110 valence electrons. The Morgan fingerprint density at radius 1 is 1.10 bits per heavy atom. The maximum absolute atomic E-state index is 12.8. The highest BCUT2D eigenvalue weighted by atomic mass is 32.2. The first-order valence-corrected chi connectivity index (χ1v) is 8.81. The average molecular weight is 321 g/mol. The Hall–Kier alpha value is -1.46. The molecule has 0 radical (unpaired) electrons. The normalized spacial score (nSPS) is 10.4. The van der Waals surface area contributed by atoms with E-state index in [4.69, 9.17) is 0 Å². The van der Waals surface area contributed by atoms with Crippen LogP contribution in [0.4, 0.5) is 10.1 Å². The molecule has 5 heteroatoms. The zero-order chi connectivity index (χ0) is 15.1. The summed E-state index contributed by atoms with van der Waals surface area (Å²) in [7, 11) is 0. The molecule has 1 N–H and O–H groups in total. The van der Waals surface area contributed by atoms with Gasteiger partial charge in [-0.15, -0.1) is 23.5 Å². The highest BCUT2D eigenvalue weighted by Crippen LogP contribution is 2.18. The van der Waals surface area contributed by atoms with Crippen molar-refractivity contribution >= 4 is 35.1 Å². The summed E-state index contributed by atoms with van der Waals surface area (Å²) in [6, 6.07) is 14.1. The van der Waals surface area contributed by atoms with Gasteiger partial charge in [-0.3, -0.25) is 4.79 Å². The molecule has 0 fully saturated rings. The molecule has 0 aromatic heterocycles. The molecule has 2 nitrogen and oxygen atoms in total. The van der Waals surface area contributed by atoms with Crippen LogP contribution in [0.1, 0.15) is 5.56 Å². The van der Waals surface area contributed by atoms with Crippen molar-refractivity contribution in [2.24, 2.45) is 0 Å². The Balaban J connectivity index is 1.74. The Morgan fingerprint density at radius 2 is 1.76 bits per heavy atom. The van der Waals surface area contributed by atoms with E-state index in [9.17, 15) is 9.18 Å². The van der Waals surface area contributed by atoms with Crippen molar-refractivity contribution < 1.29 is 9.18 Å². The second kappa shape index (κ2) is 8.10. The third-order valence-corrected chi connectivity index (χ3v) is 4.54. The summed E-state index contributed by atoms with van der Waals surface area (Å²) in [5.74, 6) is 0.788. The Labute approximate surface area is 132 Å². The van der Waals surface area contributed by atoms with Crippen molar-refractivity contribution in [3.05, 3.63) is 59.9 Å². The van der Waals surface area contributed by atoms with E-state index >= 15 is 0 Å². The van der Waals surface area contributed by atoms with Crippen molar-refractivity contribution in [2.45, 2.75) is 10.6 Å². The van der Waals surface area contributed by atoms with Gasteiger partial charge in [-0.25, -0.2) is 4.39 Å². The van der Waals surface area contributed by atoms with Gasteiger partial charge in [-0.2, -0.15) is 0 Å². The first-order valence-electron chi connectivity index (χ1n) is 6.43. The zero-order valence-electron chi connectivity index (χ0n) is 11.6.